The molecule has 2 N–H and O–H groups in total. The van der Waals surface area contributed by atoms with Crippen molar-refractivity contribution < 1.29 is 14.3 Å². The average Bonchev–Trinajstić information content (AvgIpc) is 3.23. The molecule has 8 nitrogen and oxygen atoms in total. The Balaban J connectivity index is 1.62. The van der Waals surface area contributed by atoms with E-state index in [0.29, 0.717) is 28.8 Å². The number of aromatic nitrogens is 3. The molecule has 0 atom stereocenters. The number of methoxy groups -OCH3 is 1. The Kier molecular flexibility index (Phi) is 5.29. The lowest BCUT2D eigenvalue weighted by Gasteiger charge is -2.11. The highest BCUT2D eigenvalue weighted by Gasteiger charge is 2.11. The van der Waals surface area contributed by atoms with Crippen LogP contribution in [0.4, 0.5) is 17.3 Å². The van der Waals surface area contributed by atoms with Crippen LogP contribution in [0.25, 0.3) is 5.52 Å². The lowest BCUT2D eigenvalue weighted by Crippen LogP contribution is -2.07. The van der Waals surface area contributed by atoms with Crippen LogP contribution in [-0.2, 0) is 4.79 Å². The van der Waals surface area contributed by atoms with Crippen LogP contribution in [0, 0.1) is 0 Å². The molecule has 8 heteroatoms. The smallest absolute Gasteiger partial charge is 0.248 e. The summed E-state index contributed by atoms with van der Waals surface area (Å²) in [5, 5.41) is 10.3. The first-order chi connectivity index (χ1) is 14.6. The van der Waals surface area contributed by atoms with Gasteiger partial charge >= 0.3 is 0 Å². The Hall–Kier alpha value is -4.33. The van der Waals surface area contributed by atoms with Crippen molar-refractivity contribution >= 4 is 28.7 Å². The highest BCUT2D eigenvalue weighted by molar-refractivity contribution is 5.98. The molecule has 2 aromatic carbocycles. The molecule has 0 aliphatic carbocycles. The van der Waals surface area contributed by atoms with Crippen molar-refractivity contribution in [3.8, 4) is 17.4 Å². The van der Waals surface area contributed by atoms with Crippen LogP contribution in [0.1, 0.15) is 0 Å². The van der Waals surface area contributed by atoms with Crippen LogP contribution in [0.3, 0.4) is 0 Å². The Bertz CT molecular complexity index is 1200. The SMILES string of the molecule is C=CC(=O)Nc1cccc(Oc2nc(Nc3ccc(OC)cc3)nn3cccc23)c1. The van der Waals surface area contributed by atoms with E-state index in [1.807, 2.05) is 42.6 Å². The summed E-state index contributed by atoms with van der Waals surface area (Å²) in [4.78, 5) is 16.1. The predicted molar refractivity (Wildman–Crippen MR) is 115 cm³/mol. The summed E-state index contributed by atoms with van der Waals surface area (Å²) in [7, 11) is 1.62. The second-order valence-electron chi connectivity index (χ2n) is 6.26. The lowest BCUT2D eigenvalue weighted by molar-refractivity contribution is -0.111. The summed E-state index contributed by atoms with van der Waals surface area (Å²) < 4.78 is 12.9. The normalized spacial score (nSPS) is 10.4. The van der Waals surface area contributed by atoms with E-state index in [2.05, 4.69) is 27.3 Å². The number of carbonyl (C=O) groups is 1. The topological polar surface area (TPSA) is 89.8 Å². The fraction of sp³-hybridized carbons (Fsp3) is 0.0455. The summed E-state index contributed by atoms with van der Waals surface area (Å²) in [6.45, 7) is 3.45. The third-order valence-electron chi connectivity index (χ3n) is 4.20. The molecule has 30 heavy (non-hydrogen) atoms. The maximum Gasteiger partial charge on any atom is 0.248 e. The first kappa shape index (κ1) is 19.0. The van der Waals surface area contributed by atoms with Crippen molar-refractivity contribution in [1.29, 1.82) is 0 Å². The van der Waals surface area contributed by atoms with Gasteiger partial charge in [-0.2, -0.15) is 4.98 Å². The van der Waals surface area contributed by atoms with Gasteiger partial charge in [-0.05, 0) is 54.6 Å². The molecule has 0 radical (unpaired) electrons. The number of anilines is 3. The summed E-state index contributed by atoms with van der Waals surface area (Å²) in [6.07, 6.45) is 3.02. The van der Waals surface area contributed by atoms with Gasteiger partial charge in [-0.3, -0.25) is 4.79 Å². The number of fused-ring (bicyclic) bond motifs is 1. The Morgan fingerprint density at radius 2 is 1.90 bits per heavy atom. The average molecular weight is 401 g/mol. The molecule has 0 saturated heterocycles. The minimum absolute atomic E-state index is 0.297. The van der Waals surface area contributed by atoms with Crippen molar-refractivity contribution in [2.75, 3.05) is 17.7 Å². The van der Waals surface area contributed by atoms with E-state index in [1.54, 1.807) is 35.9 Å². The van der Waals surface area contributed by atoms with Gasteiger partial charge < -0.3 is 20.1 Å². The monoisotopic (exact) mass is 401 g/mol. The Morgan fingerprint density at radius 1 is 1.07 bits per heavy atom. The number of hydrogen-bond acceptors (Lipinski definition) is 6. The molecular weight excluding hydrogens is 382 g/mol. The molecule has 1 amide bonds. The lowest BCUT2D eigenvalue weighted by atomic mass is 10.3. The van der Waals surface area contributed by atoms with Crippen LogP contribution in [0.2, 0.25) is 0 Å². The van der Waals surface area contributed by atoms with Gasteiger partial charge in [-0.25, -0.2) is 4.52 Å². The van der Waals surface area contributed by atoms with Crippen molar-refractivity contribution in [3.63, 3.8) is 0 Å². The number of ether oxygens (including phenoxy) is 2. The molecular formula is C22H19N5O3. The molecule has 2 heterocycles. The third kappa shape index (κ3) is 4.22. The Labute approximate surface area is 172 Å². The molecule has 0 fully saturated rings. The largest absolute Gasteiger partial charge is 0.497 e. The van der Waals surface area contributed by atoms with E-state index in [0.717, 1.165) is 11.4 Å². The molecule has 2 aromatic heterocycles. The first-order valence-electron chi connectivity index (χ1n) is 9.12. The molecule has 0 unspecified atom stereocenters. The van der Waals surface area contributed by atoms with Gasteiger partial charge in [0, 0.05) is 23.6 Å². The number of hydrogen-bond donors (Lipinski definition) is 2. The quantitative estimate of drug-likeness (QED) is 0.446. The second kappa shape index (κ2) is 8.36. The molecule has 0 spiro atoms. The summed E-state index contributed by atoms with van der Waals surface area (Å²) in [6, 6.07) is 18.2. The molecule has 4 rings (SSSR count). The summed E-state index contributed by atoms with van der Waals surface area (Å²) in [5.74, 6) is 1.73. The number of benzene rings is 2. The van der Waals surface area contributed by atoms with Crippen LogP contribution >= 0.6 is 0 Å². The maximum atomic E-state index is 11.5. The maximum absolute atomic E-state index is 11.5. The zero-order valence-electron chi connectivity index (χ0n) is 16.2. The van der Waals surface area contributed by atoms with Gasteiger partial charge in [-0.15, -0.1) is 5.10 Å². The number of nitrogens with one attached hydrogen (secondary N) is 2. The molecule has 0 aliphatic heterocycles. The first-order valence-corrected chi connectivity index (χ1v) is 9.12. The predicted octanol–water partition coefficient (Wildman–Crippen LogP) is 4.40. The van der Waals surface area contributed by atoms with E-state index in [9.17, 15) is 4.79 Å². The summed E-state index contributed by atoms with van der Waals surface area (Å²) >= 11 is 0. The minimum atomic E-state index is -0.297. The van der Waals surface area contributed by atoms with Crippen LogP contribution in [0.5, 0.6) is 17.4 Å². The minimum Gasteiger partial charge on any atom is -0.497 e. The molecule has 0 saturated carbocycles. The van der Waals surface area contributed by atoms with Crippen molar-refractivity contribution in [2.24, 2.45) is 0 Å². The summed E-state index contributed by atoms with van der Waals surface area (Å²) in [5.41, 5.74) is 2.10. The molecule has 0 aliphatic rings. The van der Waals surface area contributed by atoms with Crippen LogP contribution in [-0.4, -0.2) is 27.6 Å². The zero-order valence-corrected chi connectivity index (χ0v) is 16.2. The highest BCUT2D eigenvalue weighted by atomic mass is 16.5. The van der Waals surface area contributed by atoms with E-state index < -0.39 is 0 Å². The van der Waals surface area contributed by atoms with Gasteiger partial charge in [0.05, 0.1) is 7.11 Å². The molecule has 150 valence electrons. The highest BCUT2D eigenvalue weighted by Crippen LogP contribution is 2.28. The van der Waals surface area contributed by atoms with E-state index in [-0.39, 0.29) is 5.91 Å². The van der Waals surface area contributed by atoms with Crippen LogP contribution < -0.4 is 20.1 Å². The fourth-order valence-electron chi connectivity index (χ4n) is 2.78. The van der Waals surface area contributed by atoms with Crippen LogP contribution in [0.15, 0.2) is 79.5 Å². The van der Waals surface area contributed by atoms with Gasteiger partial charge in [-0.1, -0.05) is 12.6 Å². The Morgan fingerprint density at radius 3 is 2.67 bits per heavy atom. The molecule has 0 bridgehead atoms. The number of amides is 1. The number of carbonyl (C=O) groups excluding carboxylic acids is 1. The fourth-order valence-corrected chi connectivity index (χ4v) is 2.78. The van der Waals surface area contributed by atoms with Gasteiger partial charge in [0.2, 0.25) is 17.7 Å². The standard InChI is InChI=1S/C22H19N5O3/c1-3-20(28)23-16-6-4-7-18(14-16)30-21-19-8-5-13-27(19)26-22(25-21)24-15-9-11-17(29-2)12-10-15/h3-14H,1H2,2H3,(H,23,28)(H,24,26). The van der Waals surface area contributed by atoms with Crippen molar-refractivity contribution in [1.82, 2.24) is 14.6 Å². The molecule has 4 aromatic rings. The van der Waals surface area contributed by atoms with Crippen molar-refractivity contribution in [2.45, 2.75) is 0 Å². The third-order valence-corrected chi connectivity index (χ3v) is 4.20. The van der Waals surface area contributed by atoms with E-state index in [1.165, 1.54) is 6.08 Å². The van der Waals surface area contributed by atoms with Gasteiger partial charge in [0.15, 0.2) is 0 Å². The second-order valence-corrected chi connectivity index (χ2v) is 6.26. The van der Waals surface area contributed by atoms with Gasteiger partial charge in [0.1, 0.15) is 17.0 Å². The number of rotatable bonds is 7. The van der Waals surface area contributed by atoms with E-state index >= 15 is 0 Å². The number of nitrogens with zero attached hydrogens (tertiary/aromatic N) is 3. The van der Waals surface area contributed by atoms with Crippen molar-refractivity contribution in [3.05, 3.63) is 79.5 Å². The zero-order chi connectivity index (χ0) is 20.9. The van der Waals surface area contributed by atoms with E-state index in [4.69, 9.17) is 9.47 Å². The van der Waals surface area contributed by atoms with Gasteiger partial charge in [0.25, 0.3) is 0 Å².